The minimum Gasteiger partial charge on any atom is -0.361 e. The van der Waals surface area contributed by atoms with Crippen LogP contribution in [0.1, 0.15) is 61.7 Å². The van der Waals surface area contributed by atoms with Crippen LogP contribution in [0.15, 0.2) is 10.6 Å². The molecule has 1 aromatic heterocycles. The highest BCUT2D eigenvalue weighted by Crippen LogP contribution is 2.39. The van der Waals surface area contributed by atoms with Gasteiger partial charge < -0.3 is 15.6 Å². The summed E-state index contributed by atoms with van der Waals surface area (Å²) in [5.41, 5.74) is 6.20. The van der Waals surface area contributed by atoms with Crippen LogP contribution in [0.2, 0.25) is 0 Å². The molecule has 0 aliphatic carbocycles. The molecule has 3 saturated heterocycles. The monoisotopic (exact) mass is 411 g/mol. The van der Waals surface area contributed by atoms with Crippen molar-refractivity contribution in [3.05, 3.63) is 17.5 Å². The fraction of sp³-hybridized carbons (Fsp3) is 0.778. The van der Waals surface area contributed by atoms with Crippen molar-refractivity contribution in [2.24, 2.45) is 5.73 Å². The lowest BCUT2D eigenvalue weighted by Crippen LogP contribution is -2.57. The Kier molecular flexibility index (Phi) is 5.47. The number of nitrogens with one attached hydrogen (secondary N) is 1. The zero-order chi connectivity index (χ0) is 19.9. The van der Waals surface area contributed by atoms with Gasteiger partial charge in [0.05, 0.1) is 0 Å². The molecule has 3 fully saturated rings. The highest BCUT2D eigenvalue weighted by atomic mass is 32.2. The van der Waals surface area contributed by atoms with E-state index < -0.39 is 10.2 Å². The average molecular weight is 412 g/mol. The van der Waals surface area contributed by atoms with E-state index in [-0.39, 0.29) is 35.8 Å². The first kappa shape index (κ1) is 19.8. The van der Waals surface area contributed by atoms with Gasteiger partial charge in [0.1, 0.15) is 5.76 Å². The van der Waals surface area contributed by atoms with Crippen LogP contribution in [0.3, 0.4) is 0 Å². The van der Waals surface area contributed by atoms with Gasteiger partial charge in [-0.15, -0.1) is 0 Å². The Balaban J connectivity index is 1.41. The number of aromatic nitrogens is 1. The number of carbonyl (C=O) groups excluding carboxylic acids is 1. The zero-order valence-electron chi connectivity index (χ0n) is 16.2. The number of amides is 1. The summed E-state index contributed by atoms with van der Waals surface area (Å²) in [7, 11) is -3.48. The molecule has 0 radical (unpaired) electrons. The third-order valence-electron chi connectivity index (χ3n) is 6.23. The van der Waals surface area contributed by atoms with E-state index in [0.29, 0.717) is 51.0 Å². The second-order valence-electron chi connectivity index (χ2n) is 8.13. The van der Waals surface area contributed by atoms with Crippen molar-refractivity contribution < 1.29 is 17.7 Å². The molecule has 0 aromatic carbocycles. The van der Waals surface area contributed by atoms with Crippen molar-refractivity contribution in [2.45, 2.75) is 76.0 Å². The van der Waals surface area contributed by atoms with Crippen LogP contribution in [0.4, 0.5) is 0 Å². The van der Waals surface area contributed by atoms with Crippen LogP contribution in [0.5, 0.6) is 0 Å². The van der Waals surface area contributed by atoms with E-state index in [2.05, 4.69) is 10.5 Å². The lowest BCUT2D eigenvalue weighted by Gasteiger charge is -2.41. The first-order valence-electron chi connectivity index (χ1n) is 10.2. The SMILES string of the molecule is CCc1cc(C(=O)NC2C[C@H]3CC[C@@H](C2)N3S(=O)(=O)N2CCC(N)CC2)no1. The molecule has 3 aliphatic rings. The summed E-state index contributed by atoms with van der Waals surface area (Å²) in [5, 5.41) is 6.84. The number of fused-ring (bicyclic) bond motifs is 2. The maximum absolute atomic E-state index is 13.2. The topological polar surface area (TPSA) is 122 Å². The summed E-state index contributed by atoms with van der Waals surface area (Å²) >= 11 is 0. The fourth-order valence-electron chi connectivity index (χ4n) is 4.71. The Morgan fingerprint density at radius 2 is 1.89 bits per heavy atom. The van der Waals surface area contributed by atoms with Crippen LogP contribution < -0.4 is 11.1 Å². The van der Waals surface area contributed by atoms with Crippen molar-refractivity contribution in [2.75, 3.05) is 13.1 Å². The lowest BCUT2D eigenvalue weighted by molar-refractivity contribution is 0.0897. The Hall–Kier alpha value is -1.49. The van der Waals surface area contributed by atoms with E-state index in [9.17, 15) is 13.2 Å². The fourth-order valence-corrected chi connectivity index (χ4v) is 6.79. The van der Waals surface area contributed by atoms with Crippen LogP contribution >= 0.6 is 0 Å². The Labute approximate surface area is 165 Å². The zero-order valence-corrected chi connectivity index (χ0v) is 17.0. The lowest BCUT2D eigenvalue weighted by atomic mass is 9.99. The van der Waals surface area contributed by atoms with Crippen molar-refractivity contribution >= 4 is 16.1 Å². The molecule has 1 unspecified atom stereocenters. The summed E-state index contributed by atoms with van der Waals surface area (Å²) in [4.78, 5) is 12.4. The van der Waals surface area contributed by atoms with Gasteiger partial charge in [-0.1, -0.05) is 12.1 Å². The number of hydrogen-bond acceptors (Lipinski definition) is 6. The second kappa shape index (κ2) is 7.74. The predicted molar refractivity (Wildman–Crippen MR) is 103 cm³/mol. The highest BCUT2D eigenvalue weighted by molar-refractivity contribution is 7.86. The molecule has 156 valence electrons. The molecule has 2 bridgehead atoms. The first-order valence-corrected chi connectivity index (χ1v) is 11.6. The van der Waals surface area contributed by atoms with Crippen LogP contribution in [-0.4, -0.2) is 65.3 Å². The number of hydrogen-bond donors (Lipinski definition) is 2. The van der Waals surface area contributed by atoms with E-state index in [1.807, 2.05) is 6.92 Å². The van der Waals surface area contributed by atoms with Gasteiger partial charge in [-0.2, -0.15) is 17.0 Å². The third kappa shape index (κ3) is 3.70. The predicted octanol–water partition coefficient (Wildman–Crippen LogP) is 0.630. The molecule has 3 atom stereocenters. The molecule has 3 aliphatic heterocycles. The molecule has 4 heterocycles. The summed E-state index contributed by atoms with van der Waals surface area (Å²) in [5.74, 6) is 0.418. The molecule has 4 rings (SSSR count). The molecule has 0 saturated carbocycles. The van der Waals surface area contributed by atoms with Gasteiger partial charge in [0.2, 0.25) is 0 Å². The Bertz CT molecular complexity index is 804. The van der Waals surface area contributed by atoms with Crippen LogP contribution in [0, 0.1) is 0 Å². The molecule has 28 heavy (non-hydrogen) atoms. The van der Waals surface area contributed by atoms with Gasteiger partial charge >= 0.3 is 0 Å². The van der Waals surface area contributed by atoms with Gasteiger partial charge in [-0.25, -0.2) is 0 Å². The van der Waals surface area contributed by atoms with E-state index >= 15 is 0 Å². The van der Waals surface area contributed by atoms with Crippen molar-refractivity contribution in [1.29, 1.82) is 0 Å². The maximum atomic E-state index is 13.2. The molecule has 0 spiro atoms. The second-order valence-corrected chi connectivity index (χ2v) is 9.97. The molecule has 1 amide bonds. The molecular weight excluding hydrogens is 382 g/mol. The van der Waals surface area contributed by atoms with Gasteiger partial charge in [-0.05, 0) is 38.5 Å². The molecule has 3 N–H and O–H groups in total. The largest absolute Gasteiger partial charge is 0.361 e. The summed E-state index contributed by atoms with van der Waals surface area (Å²) in [6.07, 6.45) is 5.04. The number of nitrogens with two attached hydrogens (primary N) is 1. The van der Waals surface area contributed by atoms with Gasteiger partial charge in [-0.3, -0.25) is 4.79 Å². The van der Waals surface area contributed by atoms with Crippen LogP contribution in [-0.2, 0) is 16.6 Å². The smallest absolute Gasteiger partial charge is 0.282 e. The van der Waals surface area contributed by atoms with Crippen LogP contribution in [0.25, 0.3) is 0 Å². The highest BCUT2D eigenvalue weighted by Gasteiger charge is 2.49. The normalized spacial score (nSPS) is 29.9. The molecule has 1 aromatic rings. The average Bonchev–Trinajstić information content (AvgIpc) is 3.25. The van der Waals surface area contributed by atoms with E-state index in [0.717, 1.165) is 12.8 Å². The number of nitrogens with zero attached hydrogens (tertiary/aromatic N) is 3. The minimum absolute atomic E-state index is 0.0481. The number of rotatable bonds is 5. The van der Waals surface area contributed by atoms with E-state index in [4.69, 9.17) is 10.3 Å². The minimum atomic E-state index is -3.48. The summed E-state index contributed by atoms with van der Waals surface area (Å²) in [6.45, 7) is 2.92. The van der Waals surface area contributed by atoms with Gasteiger partial charge in [0.25, 0.3) is 16.1 Å². The number of aryl methyl sites for hydroxylation is 1. The Morgan fingerprint density at radius 3 is 2.46 bits per heavy atom. The van der Waals surface area contributed by atoms with E-state index in [1.54, 1.807) is 14.7 Å². The molecule has 9 nitrogen and oxygen atoms in total. The van der Waals surface area contributed by atoms with E-state index in [1.165, 1.54) is 0 Å². The van der Waals surface area contributed by atoms with Crippen molar-refractivity contribution in [3.8, 4) is 0 Å². The Morgan fingerprint density at radius 1 is 1.25 bits per heavy atom. The summed E-state index contributed by atoms with van der Waals surface area (Å²) < 4.78 is 34.8. The quantitative estimate of drug-likeness (QED) is 0.733. The molecular formula is C18H29N5O4S. The van der Waals surface area contributed by atoms with Gasteiger partial charge in [0, 0.05) is 49.7 Å². The molecule has 10 heteroatoms. The third-order valence-corrected chi connectivity index (χ3v) is 8.38. The summed E-state index contributed by atoms with van der Waals surface area (Å²) in [6, 6.07) is 1.58. The number of carbonyl (C=O) groups is 1. The van der Waals surface area contributed by atoms with Gasteiger partial charge in [0.15, 0.2) is 5.69 Å². The first-order chi connectivity index (χ1) is 13.4. The van der Waals surface area contributed by atoms with Crippen molar-refractivity contribution in [3.63, 3.8) is 0 Å². The number of piperidine rings is 2. The maximum Gasteiger partial charge on any atom is 0.282 e. The standard InChI is InChI=1S/C18H29N5O4S/c1-2-16-11-17(21-27-16)18(24)20-13-9-14-3-4-15(10-13)23(14)28(25,26)22-7-5-12(19)6-8-22/h11-15H,2-10,19H2,1H3,(H,20,24)/t13?,14-,15+. The van der Waals surface area contributed by atoms with Crippen molar-refractivity contribution in [1.82, 2.24) is 19.1 Å².